The predicted molar refractivity (Wildman–Crippen MR) is 92.3 cm³/mol. The van der Waals surface area contributed by atoms with Crippen LogP contribution in [0.5, 0.6) is 0 Å². The van der Waals surface area contributed by atoms with E-state index < -0.39 is 17.4 Å². The molecular weight excluding hydrogens is 341 g/mol. The van der Waals surface area contributed by atoms with Gasteiger partial charge in [0.2, 0.25) is 5.91 Å². The number of amides is 1. The van der Waals surface area contributed by atoms with Gasteiger partial charge in [0.1, 0.15) is 18.0 Å². The molecule has 0 bridgehead atoms. The highest BCUT2D eigenvalue weighted by Crippen LogP contribution is 2.22. The lowest BCUT2D eigenvalue weighted by Crippen LogP contribution is -2.09. The van der Waals surface area contributed by atoms with E-state index in [1.807, 2.05) is 0 Å². The molecule has 132 valence electrons. The maximum Gasteiger partial charge on any atom is 0.338 e. The van der Waals surface area contributed by atoms with E-state index in [0.29, 0.717) is 16.6 Å². The number of carbonyl (C=O) groups is 2. The van der Waals surface area contributed by atoms with Crippen LogP contribution in [0.2, 0.25) is 0 Å². The van der Waals surface area contributed by atoms with Gasteiger partial charge >= 0.3 is 11.6 Å². The van der Waals surface area contributed by atoms with Gasteiger partial charge in [-0.2, -0.15) is 0 Å². The van der Waals surface area contributed by atoms with Crippen LogP contribution in [0.3, 0.4) is 0 Å². The zero-order chi connectivity index (χ0) is 18.7. The van der Waals surface area contributed by atoms with Crippen LogP contribution in [0, 0.1) is 5.82 Å². The van der Waals surface area contributed by atoms with E-state index in [4.69, 9.17) is 9.15 Å². The lowest BCUT2D eigenvalue weighted by atomic mass is 10.1. The van der Waals surface area contributed by atoms with E-state index in [9.17, 15) is 18.8 Å². The maximum absolute atomic E-state index is 12.9. The van der Waals surface area contributed by atoms with Gasteiger partial charge < -0.3 is 14.5 Å². The van der Waals surface area contributed by atoms with E-state index in [1.165, 1.54) is 31.2 Å². The third-order valence-corrected chi connectivity index (χ3v) is 3.59. The monoisotopic (exact) mass is 355 g/mol. The van der Waals surface area contributed by atoms with Crippen molar-refractivity contribution in [2.45, 2.75) is 13.5 Å². The molecule has 1 aromatic heterocycles. The van der Waals surface area contributed by atoms with E-state index in [0.717, 1.165) is 12.1 Å². The van der Waals surface area contributed by atoms with Crippen molar-refractivity contribution >= 4 is 28.5 Å². The molecule has 1 N–H and O–H groups in total. The SMILES string of the molecule is CC(=O)Nc1ccc2c(COC(=O)c3ccc(F)cc3)cc(=O)oc2c1. The molecule has 1 amide bonds. The van der Waals surface area contributed by atoms with E-state index in [-0.39, 0.29) is 23.7 Å². The van der Waals surface area contributed by atoms with Gasteiger partial charge in [-0.25, -0.2) is 14.0 Å². The molecule has 3 aromatic rings. The summed E-state index contributed by atoms with van der Waals surface area (Å²) in [5, 5.41) is 3.17. The molecule has 0 fully saturated rings. The molecule has 0 radical (unpaired) electrons. The lowest BCUT2D eigenvalue weighted by Gasteiger charge is -2.09. The Hall–Kier alpha value is -3.48. The summed E-state index contributed by atoms with van der Waals surface area (Å²) in [6, 6.07) is 11.0. The number of nitrogens with one attached hydrogen (secondary N) is 1. The Morgan fingerprint density at radius 2 is 1.85 bits per heavy atom. The second-order valence-corrected chi connectivity index (χ2v) is 5.57. The first-order valence-corrected chi connectivity index (χ1v) is 7.69. The van der Waals surface area contributed by atoms with Crippen LogP contribution in [-0.4, -0.2) is 11.9 Å². The van der Waals surface area contributed by atoms with Crippen molar-refractivity contribution in [1.82, 2.24) is 0 Å². The highest BCUT2D eigenvalue weighted by atomic mass is 19.1. The first kappa shape index (κ1) is 17.3. The second-order valence-electron chi connectivity index (χ2n) is 5.57. The Labute approximate surface area is 147 Å². The van der Waals surface area contributed by atoms with E-state index >= 15 is 0 Å². The summed E-state index contributed by atoms with van der Waals surface area (Å²) in [7, 11) is 0. The fourth-order valence-electron chi connectivity index (χ4n) is 2.44. The van der Waals surface area contributed by atoms with Gasteiger partial charge in [0.15, 0.2) is 0 Å². The smallest absolute Gasteiger partial charge is 0.338 e. The Morgan fingerprint density at radius 1 is 1.12 bits per heavy atom. The van der Waals surface area contributed by atoms with Crippen molar-refractivity contribution in [3.63, 3.8) is 0 Å². The van der Waals surface area contributed by atoms with Crippen molar-refractivity contribution in [1.29, 1.82) is 0 Å². The summed E-state index contributed by atoms with van der Waals surface area (Å²) >= 11 is 0. The standard InChI is InChI=1S/C19H14FNO5/c1-11(22)21-15-6-7-16-13(8-18(23)26-17(16)9-15)10-25-19(24)12-2-4-14(20)5-3-12/h2-9H,10H2,1H3,(H,21,22). The van der Waals surface area contributed by atoms with Crippen LogP contribution >= 0.6 is 0 Å². The number of rotatable bonds is 4. The average Bonchev–Trinajstić information content (AvgIpc) is 2.59. The summed E-state index contributed by atoms with van der Waals surface area (Å²) in [5.74, 6) is -1.35. The average molecular weight is 355 g/mol. The molecule has 0 aliphatic carbocycles. The molecule has 0 aliphatic heterocycles. The van der Waals surface area contributed by atoms with Gasteiger partial charge in [-0.1, -0.05) is 0 Å². The minimum Gasteiger partial charge on any atom is -0.457 e. The van der Waals surface area contributed by atoms with Crippen molar-refractivity contribution in [2.24, 2.45) is 0 Å². The normalized spacial score (nSPS) is 10.5. The number of hydrogen-bond donors (Lipinski definition) is 1. The van der Waals surface area contributed by atoms with Crippen LogP contribution in [0.1, 0.15) is 22.8 Å². The van der Waals surface area contributed by atoms with Crippen molar-refractivity contribution in [3.05, 3.63) is 75.9 Å². The molecule has 0 saturated carbocycles. The van der Waals surface area contributed by atoms with Gasteiger partial charge in [-0.3, -0.25) is 4.79 Å². The quantitative estimate of drug-likeness (QED) is 0.573. The Balaban J connectivity index is 1.85. The van der Waals surface area contributed by atoms with E-state index in [1.54, 1.807) is 12.1 Å². The van der Waals surface area contributed by atoms with Gasteiger partial charge in [0.25, 0.3) is 0 Å². The maximum atomic E-state index is 12.9. The zero-order valence-corrected chi connectivity index (χ0v) is 13.7. The molecule has 2 aromatic carbocycles. The fraction of sp³-hybridized carbons (Fsp3) is 0.105. The zero-order valence-electron chi connectivity index (χ0n) is 13.7. The number of carbonyl (C=O) groups excluding carboxylic acids is 2. The second kappa shape index (κ2) is 7.18. The molecule has 1 heterocycles. The molecule has 0 unspecified atom stereocenters. The summed E-state index contributed by atoms with van der Waals surface area (Å²) in [6.45, 7) is 1.21. The van der Waals surface area contributed by atoms with Crippen LogP contribution in [0.4, 0.5) is 10.1 Å². The van der Waals surface area contributed by atoms with Gasteiger partial charge in [0, 0.05) is 35.7 Å². The molecule has 7 heteroatoms. The van der Waals surface area contributed by atoms with Crippen molar-refractivity contribution in [3.8, 4) is 0 Å². The van der Waals surface area contributed by atoms with Gasteiger partial charge in [-0.05, 0) is 36.4 Å². The lowest BCUT2D eigenvalue weighted by molar-refractivity contribution is -0.114. The largest absolute Gasteiger partial charge is 0.457 e. The first-order chi connectivity index (χ1) is 12.4. The minimum atomic E-state index is -0.638. The fourth-order valence-corrected chi connectivity index (χ4v) is 2.44. The molecule has 0 aliphatic rings. The molecule has 26 heavy (non-hydrogen) atoms. The predicted octanol–water partition coefficient (Wildman–Crippen LogP) is 3.25. The summed E-state index contributed by atoms with van der Waals surface area (Å²) in [5.41, 5.74) is 0.795. The molecule has 6 nitrogen and oxygen atoms in total. The third kappa shape index (κ3) is 3.94. The van der Waals surface area contributed by atoms with E-state index in [2.05, 4.69) is 5.32 Å². The summed E-state index contributed by atoms with van der Waals surface area (Å²) in [4.78, 5) is 34.9. The number of anilines is 1. The molecular formula is C19H14FNO5. The number of esters is 1. The number of fused-ring (bicyclic) bond motifs is 1. The number of halogens is 1. The number of hydrogen-bond acceptors (Lipinski definition) is 5. The summed E-state index contributed by atoms with van der Waals surface area (Å²) in [6.07, 6.45) is 0. The number of benzene rings is 2. The van der Waals surface area contributed by atoms with Crippen LogP contribution < -0.4 is 10.9 Å². The molecule has 0 saturated heterocycles. The highest BCUT2D eigenvalue weighted by molar-refractivity contribution is 5.92. The van der Waals surface area contributed by atoms with Crippen molar-refractivity contribution in [2.75, 3.05) is 5.32 Å². The minimum absolute atomic E-state index is 0.155. The van der Waals surface area contributed by atoms with Crippen LogP contribution in [0.25, 0.3) is 11.0 Å². The Morgan fingerprint density at radius 3 is 2.54 bits per heavy atom. The van der Waals surface area contributed by atoms with Gasteiger partial charge in [-0.15, -0.1) is 0 Å². The van der Waals surface area contributed by atoms with Crippen molar-refractivity contribution < 1.29 is 23.1 Å². The number of ether oxygens (including phenoxy) is 1. The Bertz CT molecular complexity index is 1040. The molecule has 0 spiro atoms. The topological polar surface area (TPSA) is 85.6 Å². The first-order valence-electron chi connectivity index (χ1n) is 7.69. The summed E-state index contributed by atoms with van der Waals surface area (Å²) < 4.78 is 23.2. The van der Waals surface area contributed by atoms with Gasteiger partial charge in [0.05, 0.1) is 5.56 Å². The van der Waals surface area contributed by atoms with Crippen LogP contribution in [0.15, 0.2) is 57.7 Å². The van der Waals surface area contributed by atoms with Crippen LogP contribution in [-0.2, 0) is 16.1 Å². The third-order valence-electron chi connectivity index (χ3n) is 3.59. The highest BCUT2D eigenvalue weighted by Gasteiger charge is 2.11. The molecule has 0 atom stereocenters. The molecule has 3 rings (SSSR count). The Kier molecular flexibility index (Phi) is 4.79.